The highest BCUT2D eigenvalue weighted by molar-refractivity contribution is 5.68. The maximum Gasteiger partial charge on any atom is 0.313 e. The third-order valence-electron chi connectivity index (χ3n) is 4.97. The number of hydrazine groups is 1. The van der Waals surface area contributed by atoms with Crippen molar-refractivity contribution in [3.8, 4) is 5.82 Å². The molecule has 1 aliphatic rings. The zero-order valence-electron chi connectivity index (χ0n) is 17.3. The monoisotopic (exact) mass is 426 g/mol. The van der Waals surface area contributed by atoms with Crippen LogP contribution in [-0.2, 0) is 4.74 Å². The summed E-state index contributed by atoms with van der Waals surface area (Å²) < 4.78 is 21.9. The van der Waals surface area contributed by atoms with E-state index in [2.05, 4.69) is 9.97 Å². The highest BCUT2D eigenvalue weighted by atomic mass is 19.1. The molecule has 1 unspecified atom stereocenters. The van der Waals surface area contributed by atoms with Crippen molar-refractivity contribution in [3.63, 3.8) is 0 Å². The van der Waals surface area contributed by atoms with E-state index in [4.69, 9.17) is 4.74 Å². The van der Waals surface area contributed by atoms with Gasteiger partial charge in [0.15, 0.2) is 6.30 Å². The van der Waals surface area contributed by atoms with E-state index in [1.54, 1.807) is 47.3 Å². The SMILES string of the molecule is CC(C)c1nccn1-c1ccc([N+](=O)[O-])c(N(c2ccccc2)N2CCOCC2F)n1. The number of imidazole rings is 1. The van der Waals surface area contributed by atoms with Gasteiger partial charge in [0.25, 0.3) is 0 Å². The van der Waals surface area contributed by atoms with Gasteiger partial charge in [-0.05, 0) is 18.2 Å². The van der Waals surface area contributed by atoms with Crippen LogP contribution in [0, 0.1) is 10.1 Å². The molecule has 0 amide bonds. The Bertz CT molecular complexity index is 1060. The van der Waals surface area contributed by atoms with Gasteiger partial charge in [0, 0.05) is 30.9 Å². The Morgan fingerprint density at radius 1 is 1.26 bits per heavy atom. The first-order valence-corrected chi connectivity index (χ1v) is 10.00. The molecule has 1 fully saturated rings. The van der Waals surface area contributed by atoms with Crippen LogP contribution in [0.1, 0.15) is 25.6 Å². The second-order valence-corrected chi connectivity index (χ2v) is 7.40. The maximum atomic E-state index is 14.9. The van der Waals surface area contributed by atoms with Gasteiger partial charge >= 0.3 is 5.69 Å². The number of benzene rings is 1. The molecule has 1 atom stereocenters. The quantitative estimate of drug-likeness (QED) is 0.335. The predicted octanol–water partition coefficient (Wildman–Crippen LogP) is 3.98. The Balaban J connectivity index is 1.90. The molecule has 0 radical (unpaired) electrons. The van der Waals surface area contributed by atoms with Gasteiger partial charge in [-0.2, -0.15) is 5.01 Å². The van der Waals surface area contributed by atoms with Crippen LogP contribution in [-0.4, -0.2) is 50.5 Å². The van der Waals surface area contributed by atoms with Gasteiger partial charge in [0.2, 0.25) is 5.82 Å². The summed E-state index contributed by atoms with van der Waals surface area (Å²) in [5, 5.41) is 14.8. The van der Waals surface area contributed by atoms with Crippen molar-refractivity contribution in [2.24, 2.45) is 0 Å². The maximum absolute atomic E-state index is 14.9. The summed E-state index contributed by atoms with van der Waals surface area (Å²) in [4.78, 5) is 20.4. The highest BCUT2D eigenvalue weighted by Gasteiger charge is 2.34. The molecule has 3 heterocycles. The number of halogens is 1. The first-order chi connectivity index (χ1) is 15.0. The van der Waals surface area contributed by atoms with E-state index < -0.39 is 11.2 Å². The molecular formula is C21H23FN6O3. The van der Waals surface area contributed by atoms with Gasteiger partial charge in [0.05, 0.1) is 23.8 Å². The van der Waals surface area contributed by atoms with E-state index in [1.165, 1.54) is 16.1 Å². The zero-order chi connectivity index (χ0) is 22.0. The van der Waals surface area contributed by atoms with E-state index in [1.807, 2.05) is 19.9 Å². The van der Waals surface area contributed by atoms with Gasteiger partial charge < -0.3 is 4.74 Å². The fourth-order valence-electron chi connectivity index (χ4n) is 3.55. The van der Waals surface area contributed by atoms with E-state index >= 15 is 0 Å². The summed E-state index contributed by atoms with van der Waals surface area (Å²) in [6.45, 7) is 4.40. The number of aromatic nitrogens is 3. The second kappa shape index (κ2) is 8.78. The number of nitro groups is 1. The lowest BCUT2D eigenvalue weighted by atomic mass is 10.2. The van der Waals surface area contributed by atoms with Crippen LogP contribution in [0.2, 0.25) is 0 Å². The molecule has 0 bridgehead atoms. The Hall–Kier alpha value is -3.37. The van der Waals surface area contributed by atoms with Crippen LogP contribution in [0.3, 0.4) is 0 Å². The molecule has 1 aromatic carbocycles. The average molecular weight is 426 g/mol. The van der Waals surface area contributed by atoms with Gasteiger partial charge in [-0.15, -0.1) is 0 Å². The molecule has 1 aliphatic heterocycles. The van der Waals surface area contributed by atoms with Crippen molar-refractivity contribution in [1.29, 1.82) is 0 Å². The number of hydrogen-bond acceptors (Lipinski definition) is 7. The zero-order valence-corrected chi connectivity index (χ0v) is 17.3. The van der Waals surface area contributed by atoms with E-state index in [0.29, 0.717) is 18.1 Å². The lowest BCUT2D eigenvalue weighted by Crippen LogP contribution is -2.51. The topological polar surface area (TPSA) is 89.6 Å². The van der Waals surface area contributed by atoms with E-state index in [-0.39, 0.29) is 30.6 Å². The van der Waals surface area contributed by atoms with Crippen molar-refractivity contribution in [3.05, 3.63) is 70.8 Å². The lowest BCUT2D eigenvalue weighted by Gasteiger charge is -2.39. The largest absolute Gasteiger partial charge is 0.376 e. The lowest BCUT2D eigenvalue weighted by molar-refractivity contribution is -0.384. The molecule has 0 N–H and O–H groups in total. The molecule has 31 heavy (non-hydrogen) atoms. The number of anilines is 2. The van der Waals surface area contributed by atoms with Crippen LogP contribution in [0.4, 0.5) is 21.6 Å². The third-order valence-corrected chi connectivity index (χ3v) is 4.97. The van der Waals surface area contributed by atoms with Gasteiger partial charge in [-0.3, -0.25) is 14.7 Å². The normalized spacial score (nSPS) is 17.1. The van der Waals surface area contributed by atoms with Crippen molar-refractivity contribution in [1.82, 2.24) is 19.5 Å². The molecular weight excluding hydrogens is 403 g/mol. The number of pyridine rings is 1. The average Bonchev–Trinajstić information content (AvgIpc) is 3.26. The Kier molecular flexibility index (Phi) is 5.92. The number of alkyl halides is 1. The highest BCUT2D eigenvalue weighted by Crippen LogP contribution is 2.36. The van der Waals surface area contributed by atoms with Gasteiger partial charge in [-0.25, -0.2) is 19.4 Å². The van der Waals surface area contributed by atoms with E-state index in [9.17, 15) is 14.5 Å². The molecule has 2 aromatic heterocycles. The number of morpholine rings is 1. The van der Waals surface area contributed by atoms with Crippen LogP contribution < -0.4 is 5.01 Å². The summed E-state index contributed by atoms with van der Waals surface area (Å²) in [6.07, 6.45) is 1.94. The predicted molar refractivity (Wildman–Crippen MR) is 113 cm³/mol. The molecule has 1 saturated heterocycles. The number of para-hydroxylation sites is 1. The molecule has 9 nitrogen and oxygen atoms in total. The number of rotatable bonds is 6. The molecule has 0 saturated carbocycles. The fourth-order valence-corrected chi connectivity index (χ4v) is 3.55. The molecule has 3 aromatic rings. The van der Waals surface area contributed by atoms with Crippen molar-refractivity contribution in [2.45, 2.75) is 26.1 Å². The van der Waals surface area contributed by atoms with Crippen molar-refractivity contribution >= 4 is 17.2 Å². The summed E-state index contributed by atoms with van der Waals surface area (Å²) in [6, 6.07) is 11.9. The van der Waals surface area contributed by atoms with Gasteiger partial charge in [-0.1, -0.05) is 32.0 Å². The Labute approximate surface area is 178 Å². The molecule has 10 heteroatoms. The molecule has 0 spiro atoms. The van der Waals surface area contributed by atoms with Crippen LogP contribution >= 0.6 is 0 Å². The summed E-state index contributed by atoms with van der Waals surface area (Å²) in [5.74, 6) is 1.39. The minimum absolute atomic E-state index is 0.0293. The molecule has 4 rings (SSSR count). The number of ether oxygens (including phenoxy) is 1. The Morgan fingerprint density at radius 3 is 2.71 bits per heavy atom. The first kappa shape index (κ1) is 20.9. The van der Waals surface area contributed by atoms with Crippen molar-refractivity contribution < 1.29 is 14.1 Å². The first-order valence-electron chi connectivity index (χ1n) is 10.00. The molecule has 162 valence electrons. The Morgan fingerprint density at radius 2 is 2.03 bits per heavy atom. The smallest absolute Gasteiger partial charge is 0.313 e. The standard InChI is InChI=1S/C21H23FN6O3/c1-15(2)20-23-10-11-25(20)19-9-8-17(28(29)30)21(24-19)27(16-6-4-3-5-7-16)26-12-13-31-14-18(26)22/h3-11,15,18H,12-14H2,1-2H3. The van der Waals surface area contributed by atoms with Gasteiger partial charge in [0.1, 0.15) is 11.6 Å². The summed E-state index contributed by atoms with van der Waals surface area (Å²) in [7, 11) is 0. The second-order valence-electron chi connectivity index (χ2n) is 7.40. The summed E-state index contributed by atoms with van der Waals surface area (Å²) >= 11 is 0. The minimum Gasteiger partial charge on any atom is -0.376 e. The third kappa shape index (κ3) is 4.12. The van der Waals surface area contributed by atoms with Crippen LogP contribution in [0.25, 0.3) is 5.82 Å². The summed E-state index contributed by atoms with van der Waals surface area (Å²) in [5.41, 5.74) is 0.340. The van der Waals surface area contributed by atoms with Crippen LogP contribution in [0.15, 0.2) is 54.9 Å². The fraction of sp³-hybridized carbons (Fsp3) is 0.333. The number of nitrogens with zero attached hydrogens (tertiary/aromatic N) is 6. The van der Waals surface area contributed by atoms with Crippen LogP contribution in [0.5, 0.6) is 0 Å². The van der Waals surface area contributed by atoms with E-state index in [0.717, 1.165) is 5.82 Å². The minimum atomic E-state index is -1.47. The van der Waals surface area contributed by atoms with Crippen molar-refractivity contribution in [2.75, 3.05) is 24.8 Å². The molecule has 0 aliphatic carbocycles. The number of hydrogen-bond donors (Lipinski definition) is 0.